The van der Waals surface area contributed by atoms with Gasteiger partial charge in [-0.25, -0.2) is 13.2 Å². The number of aromatic hydroxyl groups is 1. The Balaban J connectivity index is 1.85. The minimum Gasteiger partial charge on any atom is -0.504 e. The van der Waals surface area contributed by atoms with Gasteiger partial charge in [-0.15, -0.1) is 0 Å². The van der Waals surface area contributed by atoms with E-state index in [2.05, 4.69) is 11.4 Å². The fourth-order valence-electron chi connectivity index (χ4n) is 4.74. The molecule has 0 aromatic heterocycles. The number of anilines is 1. The number of allylic oxidation sites excluding steroid dienone is 1. The molecule has 0 atom stereocenters. The second kappa shape index (κ2) is 7.58. The van der Waals surface area contributed by atoms with Gasteiger partial charge in [0.25, 0.3) is 0 Å². The Kier molecular flexibility index (Phi) is 4.90. The standard InChI is InChI=1S/C27H22F3NO3/c1-13-12-27(2,3)31-19-6-5-15-24(23(13)19)22(10-14-9-17(29)18(30)11-16(14)28)34-21-8-7-20(32)26(33-4)25(15)21/h5-12,31-32H,1-4H3/b22-10-. The molecule has 2 aliphatic heterocycles. The Morgan fingerprint density at radius 3 is 2.44 bits per heavy atom. The zero-order valence-electron chi connectivity index (χ0n) is 19.0. The molecule has 2 heterocycles. The van der Waals surface area contributed by atoms with Crippen LogP contribution in [0.2, 0.25) is 0 Å². The van der Waals surface area contributed by atoms with Crippen LogP contribution in [0.15, 0.2) is 42.5 Å². The van der Waals surface area contributed by atoms with E-state index in [-0.39, 0.29) is 28.4 Å². The van der Waals surface area contributed by atoms with E-state index in [1.54, 1.807) is 6.07 Å². The van der Waals surface area contributed by atoms with Crippen LogP contribution in [-0.2, 0) is 0 Å². The predicted molar refractivity (Wildman–Crippen MR) is 126 cm³/mol. The van der Waals surface area contributed by atoms with Crippen molar-refractivity contribution in [1.29, 1.82) is 0 Å². The van der Waals surface area contributed by atoms with Crippen LogP contribution in [0.4, 0.5) is 18.9 Å². The van der Waals surface area contributed by atoms with Gasteiger partial charge in [-0.05, 0) is 56.7 Å². The smallest absolute Gasteiger partial charge is 0.172 e. The second-order valence-corrected chi connectivity index (χ2v) is 8.97. The highest BCUT2D eigenvalue weighted by Gasteiger charge is 2.33. The predicted octanol–water partition coefficient (Wildman–Crippen LogP) is 6.98. The fraction of sp³-hybridized carbons (Fsp3) is 0.185. The van der Waals surface area contributed by atoms with E-state index >= 15 is 0 Å². The molecule has 0 saturated carbocycles. The molecular formula is C27H22F3NO3. The molecule has 174 valence electrons. The maximum atomic E-state index is 14.6. The Morgan fingerprint density at radius 2 is 1.71 bits per heavy atom. The van der Waals surface area contributed by atoms with E-state index < -0.39 is 17.5 Å². The number of halogens is 3. The van der Waals surface area contributed by atoms with Crippen molar-refractivity contribution >= 4 is 23.1 Å². The molecule has 0 fully saturated rings. The highest BCUT2D eigenvalue weighted by atomic mass is 19.2. The summed E-state index contributed by atoms with van der Waals surface area (Å²) in [7, 11) is 1.45. The molecule has 0 amide bonds. The molecular weight excluding hydrogens is 443 g/mol. The van der Waals surface area contributed by atoms with Crippen LogP contribution in [0, 0.1) is 17.5 Å². The minimum atomic E-state index is -1.27. The highest BCUT2D eigenvalue weighted by molar-refractivity contribution is 6.02. The van der Waals surface area contributed by atoms with Gasteiger partial charge in [0.15, 0.2) is 23.1 Å². The van der Waals surface area contributed by atoms with Gasteiger partial charge >= 0.3 is 0 Å². The second-order valence-electron chi connectivity index (χ2n) is 8.97. The number of hydrogen-bond donors (Lipinski definition) is 2. The lowest BCUT2D eigenvalue weighted by atomic mass is 9.82. The zero-order valence-corrected chi connectivity index (χ0v) is 19.0. The van der Waals surface area contributed by atoms with Crippen molar-refractivity contribution in [3.05, 3.63) is 76.6 Å². The Morgan fingerprint density at radius 1 is 0.971 bits per heavy atom. The molecule has 0 spiro atoms. The van der Waals surface area contributed by atoms with Crippen molar-refractivity contribution in [3.63, 3.8) is 0 Å². The fourth-order valence-corrected chi connectivity index (χ4v) is 4.74. The summed E-state index contributed by atoms with van der Waals surface area (Å²) in [5.74, 6) is -2.53. The van der Waals surface area contributed by atoms with Crippen LogP contribution in [0.25, 0.3) is 28.5 Å². The summed E-state index contributed by atoms with van der Waals surface area (Å²) in [6.07, 6.45) is 3.42. The topological polar surface area (TPSA) is 50.7 Å². The first-order chi connectivity index (χ1) is 16.1. The molecule has 3 aromatic carbocycles. The van der Waals surface area contributed by atoms with Crippen LogP contribution >= 0.6 is 0 Å². The molecule has 5 rings (SSSR count). The van der Waals surface area contributed by atoms with Gasteiger partial charge in [-0.1, -0.05) is 12.1 Å². The molecule has 2 N–H and O–H groups in total. The summed E-state index contributed by atoms with van der Waals surface area (Å²) < 4.78 is 53.7. The first kappa shape index (κ1) is 21.9. The number of rotatable bonds is 2. The molecule has 34 heavy (non-hydrogen) atoms. The highest BCUT2D eigenvalue weighted by Crippen LogP contribution is 2.54. The summed E-state index contributed by atoms with van der Waals surface area (Å²) in [4.78, 5) is 0. The lowest BCUT2D eigenvalue weighted by molar-refractivity contribution is 0.371. The molecule has 0 bridgehead atoms. The Labute approximate surface area is 195 Å². The molecule has 2 aliphatic rings. The lowest BCUT2D eigenvalue weighted by Gasteiger charge is -2.35. The van der Waals surface area contributed by atoms with Crippen LogP contribution in [0.1, 0.15) is 37.5 Å². The third-order valence-electron chi connectivity index (χ3n) is 6.00. The van der Waals surface area contributed by atoms with E-state index in [0.717, 1.165) is 22.9 Å². The van der Waals surface area contributed by atoms with Gasteiger partial charge in [0.2, 0.25) is 0 Å². The van der Waals surface area contributed by atoms with Crippen molar-refractivity contribution in [2.45, 2.75) is 26.3 Å². The molecule has 0 radical (unpaired) electrons. The third-order valence-corrected chi connectivity index (χ3v) is 6.00. The first-order valence-electron chi connectivity index (χ1n) is 10.7. The quantitative estimate of drug-likeness (QED) is 0.401. The van der Waals surface area contributed by atoms with Gasteiger partial charge in [-0.3, -0.25) is 0 Å². The van der Waals surface area contributed by atoms with Gasteiger partial charge in [-0.2, -0.15) is 0 Å². The third kappa shape index (κ3) is 3.39. The van der Waals surface area contributed by atoms with Gasteiger partial charge in [0.05, 0.1) is 18.2 Å². The number of hydrogen-bond acceptors (Lipinski definition) is 4. The van der Waals surface area contributed by atoms with Crippen LogP contribution in [0.5, 0.6) is 17.2 Å². The van der Waals surface area contributed by atoms with Gasteiger partial charge < -0.3 is 19.9 Å². The monoisotopic (exact) mass is 465 g/mol. The molecule has 4 nitrogen and oxygen atoms in total. The van der Waals surface area contributed by atoms with E-state index in [4.69, 9.17) is 9.47 Å². The lowest BCUT2D eigenvalue weighted by Crippen LogP contribution is -2.32. The average Bonchev–Trinajstić information content (AvgIpc) is 2.76. The van der Waals surface area contributed by atoms with E-state index in [1.165, 1.54) is 19.3 Å². The average molecular weight is 465 g/mol. The van der Waals surface area contributed by atoms with E-state index in [9.17, 15) is 18.3 Å². The van der Waals surface area contributed by atoms with Gasteiger partial charge in [0.1, 0.15) is 17.3 Å². The summed E-state index contributed by atoms with van der Waals surface area (Å²) in [6, 6.07) is 8.12. The summed E-state index contributed by atoms with van der Waals surface area (Å²) in [6.45, 7) is 6.05. The Hall–Kier alpha value is -3.87. The van der Waals surface area contributed by atoms with Crippen molar-refractivity contribution in [2.75, 3.05) is 12.4 Å². The zero-order chi connectivity index (χ0) is 24.4. The van der Waals surface area contributed by atoms with Gasteiger partial charge in [0, 0.05) is 34.0 Å². The molecule has 0 unspecified atom stereocenters. The molecule has 0 saturated heterocycles. The van der Waals surface area contributed by atoms with E-state index in [1.807, 2.05) is 32.9 Å². The Bertz CT molecular complexity index is 1420. The largest absolute Gasteiger partial charge is 0.504 e. The van der Waals surface area contributed by atoms with Crippen LogP contribution < -0.4 is 14.8 Å². The maximum Gasteiger partial charge on any atom is 0.172 e. The maximum absolute atomic E-state index is 14.6. The van der Waals surface area contributed by atoms with Crippen molar-refractivity contribution < 1.29 is 27.8 Å². The summed E-state index contributed by atoms with van der Waals surface area (Å²) in [5, 5.41) is 13.9. The van der Waals surface area contributed by atoms with Crippen molar-refractivity contribution in [1.82, 2.24) is 0 Å². The minimum absolute atomic E-state index is 0.0564. The summed E-state index contributed by atoms with van der Waals surface area (Å²) in [5.41, 5.74) is 4.02. The van der Waals surface area contributed by atoms with Crippen LogP contribution in [0.3, 0.4) is 0 Å². The number of fused-ring (bicyclic) bond motifs is 5. The number of phenols is 1. The molecule has 0 aliphatic carbocycles. The number of nitrogens with one attached hydrogen (secondary N) is 1. The number of ether oxygens (including phenoxy) is 2. The summed E-state index contributed by atoms with van der Waals surface area (Å²) >= 11 is 0. The number of methoxy groups -OCH3 is 1. The number of benzene rings is 3. The number of phenolic OH excluding ortho intramolecular Hbond substituents is 1. The SMILES string of the molecule is COc1c(O)ccc2c1-c1ccc3c(c1/C(=C/c1cc(F)c(F)cc1F)O2)C(C)=CC(C)(C)N3. The molecule has 7 heteroatoms. The molecule has 3 aromatic rings. The van der Waals surface area contributed by atoms with Crippen LogP contribution in [-0.4, -0.2) is 17.8 Å². The van der Waals surface area contributed by atoms with E-state index in [0.29, 0.717) is 28.5 Å². The normalized spacial score (nSPS) is 16.6. The first-order valence-corrected chi connectivity index (χ1v) is 10.7. The van der Waals surface area contributed by atoms with Crippen molar-refractivity contribution in [3.8, 4) is 28.4 Å². The van der Waals surface area contributed by atoms with Crippen molar-refractivity contribution in [2.24, 2.45) is 0 Å².